The van der Waals surface area contributed by atoms with Gasteiger partial charge in [0.05, 0.1) is 18.4 Å². The van der Waals surface area contributed by atoms with Gasteiger partial charge in [0.1, 0.15) is 5.69 Å². The molecule has 0 radical (unpaired) electrons. The second-order valence-corrected chi connectivity index (χ2v) is 3.12. The molecule has 0 saturated carbocycles. The van der Waals surface area contributed by atoms with Crippen molar-refractivity contribution in [2.45, 2.75) is 13.5 Å². The molecule has 7 nitrogen and oxygen atoms in total. The Morgan fingerprint density at radius 3 is 2.81 bits per heavy atom. The summed E-state index contributed by atoms with van der Waals surface area (Å²) >= 11 is 0. The molecule has 4 N–H and O–H groups in total. The van der Waals surface area contributed by atoms with E-state index in [-0.39, 0.29) is 18.1 Å². The number of hydrogen-bond donors (Lipinski definition) is 3. The van der Waals surface area contributed by atoms with Gasteiger partial charge in [-0.3, -0.25) is 14.3 Å². The molecule has 1 rings (SSSR count). The molecule has 0 aliphatic rings. The molecule has 0 bridgehead atoms. The zero-order valence-electron chi connectivity index (χ0n) is 9.28. The van der Waals surface area contributed by atoms with Crippen LogP contribution >= 0.6 is 0 Å². The van der Waals surface area contributed by atoms with Crippen LogP contribution in [-0.4, -0.2) is 35.2 Å². The molecule has 7 heteroatoms. The number of nitrogen functional groups attached to an aromatic ring is 1. The van der Waals surface area contributed by atoms with Crippen LogP contribution in [0.25, 0.3) is 0 Å². The molecule has 0 unspecified atom stereocenters. The van der Waals surface area contributed by atoms with Crippen LogP contribution in [0.4, 0.5) is 5.69 Å². The van der Waals surface area contributed by atoms with Crippen LogP contribution in [-0.2, 0) is 11.3 Å². The summed E-state index contributed by atoms with van der Waals surface area (Å²) in [4.78, 5) is 22.6. The number of aromatic nitrogens is 2. The molecule has 16 heavy (non-hydrogen) atoms. The van der Waals surface area contributed by atoms with E-state index < -0.39 is 5.91 Å². The first-order valence-corrected chi connectivity index (χ1v) is 4.90. The lowest BCUT2D eigenvalue weighted by Crippen LogP contribution is -2.36. The maximum Gasteiger partial charge on any atom is 0.272 e. The number of rotatable bonds is 4. The number of amides is 2. The van der Waals surface area contributed by atoms with Crippen molar-refractivity contribution in [3.05, 3.63) is 11.9 Å². The lowest BCUT2D eigenvalue weighted by atomic mass is 10.3. The van der Waals surface area contributed by atoms with Crippen molar-refractivity contribution in [1.29, 1.82) is 0 Å². The number of nitrogens with two attached hydrogens (primary N) is 1. The van der Waals surface area contributed by atoms with Gasteiger partial charge in [0.15, 0.2) is 0 Å². The second-order valence-electron chi connectivity index (χ2n) is 3.12. The van der Waals surface area contributed by atoms with Crippen molar-refractivity contribution < 1.29 is 9.59 Å². The Kier molecular flexibility index (Phi) is 3.87. The third-order valence-electron chi connectivity index (χ3n) is 2.07. The Morgan fingerprint density at radius 1 is 1.56 bits per heavy atom. The number of nitrogens with zero attached hydrogens (tertiary/aromatic N) is 2. The number of hydrogen-bond acceptors (Lipinski definition) is 4. The number of carbonyl (C=O) groups is 2. The summed E-state index contributed by atoms with van der Waals surface area (Å²) in [6, 6.07) is 0. The first-order valence-electron chi connectivity index (χ1n) is 4.90. The molecule has 88 valence electrons. The maximum absolute atomic E-state index is 11.7. The Morgan fingerprint density at radius 2 is 2.25 bits per heavy atom. The van der Waals surface area contributed by atoms with Gasteiger partial charge in [-0.05, 0) is 6.92 Å². The molecule has 0 fully saturated rings. The van der Waals surface area contributed by atoms with Crippen LogP contribution < -0.4 is 16.4 Å². The summed E-state index contributed by atoms with van der Waals surface area (Å²) in [5, 5.41) is 8.79. The normalized spacial score (nSPS) is 9.88. The number of anilines is 1. The SMILES string of the molecule is CCn1ncc(N)c1C(=O)NCC(=O)NC. The first-order chi connectivity index (χ1) is 7.60. The van der Waals surface area contributed by atoms with Gasteiger partial charge in [-0.15, -0.1) is 0 Å². The van der Waals surface area contributed by atoms with E-state index in [1.54, 1.807) is 0 Å². The highest BCUT2D eigenvalue weighted by molar-refractivity contribution is 5.99. The van der Waals surface area contributed by atoms with Crippen molar-refractivity contribution in [1.82, 2.24) is 20.4 Å². The highest BCUT2D eigenvalue weighted by atomic mass is 16.2. The molecular weight excluding hydrogens is 210 g/mol. The van der Waals surface area contributed by atoms with Crippen molar-refractivity contribution in [3.8, 4) is 0 Å². The Balaban J connectivity index is 2.72. The fraction of sp³-hybridized carbons (Fsp3) is 0.444. The Labute approximate surface area is 93.0 Å². The second kappa shape index (κ2) is 5.15. The van der Waals surface area contributed by atoms with Crippen LogP contribution in [0, 0.1) is 0 Å². The van der Waals surface area contributed by atoms with Gasteiger partial charge in [-0.25, -0.2) is 0 Å². The van der Waals surface area contributed by atoms with Crippen LogP contribution in [0.1, 0.15) is 17.4 Å². The van der Waals surface area contributed by atoms with Gasteiger partial charge in [0.2, 0.25) is 5.91 Å². The van der Waals surface area contributed by atoms with Crippen LogP contribution in [0.3, 0.4) is 0 Å². The molecule has 0 spiro atoms. The minimum atomic E-state index is -0.402. The predicted molar refractivity (Wildman–Crippen MR) is 58.7 cm³/mol. The standard InChI is InChI=1S/C9H15N5O2/c1-3-14-8(6(10)4-13-14)9(16)12-5-7(15)11-2/h4H,3,5,10H2,1-2H3,(H,11,15)(H,12,16). The van der Waals surface area contributed by atoms with E-state index in [1.165, 1.54) is 17.9 Å². The van der Waals surface area contributed by atoms with E-state index >= 15 is 0 Å². The summed E-state index contributed by atoms with van der Waals surface area (Å²) in [7, 11) is 1.50. The average molecular weight is 225 g/mol. The van der Waals surface area contributed by atoms with E-state index in [4.69, 9.17) is 5.73 Å². The van der Waals surface area contributed by atoms with Gasteiger partial charge < -0.3 is 16.4 Å². The number of carbonyl (C=O) groups excluding carboxylic acids is 2. The highest BCUT2D eigenvalue weighted by Gasteiger charge is 2.16. The van der Waals surface area contributed by atoms with E-state index in [9.17, 15) is 9.59 Å². The molecule has 0 aromatic carbocycles. The van der Waals surface area contributed by atoms with Crippen LogP contribution in [0.2, 0.25) is 0 Å². The predicted octanol–water partition coefficient (Wildman–Crippen LogP) is -1.04. The van der Waals surface area contributed by atoms with E-state index in [0.717, 1.165) is 0 Å². The number of nitrogens with one attached hydrogen (secondary N) is 2. The summed E-state index contributed by atoms with van der Waals surface area (Å²) < 4.78 is 1.48. The van der Waals surface area contributed by atoms with Crippen molar-refractivity contribution in [2.24, 2.45) is 0 Å². The van der Waals surface area contributed by atoms with Crippen LogP contribution in [0.15, 0.2) is 6.20 Å². The lowest BCUT2D eigenvalue weighted by Gasteiger charge is -2.06. The number of likely N-dealkylation sites (N-methyl/N-ethyl adjacent to an activating group) is 1. The van der Waals surface area contributed by atoms with Gasteiger partial charge in [0.25, 0.3) is 5.91 Å². The zero-order valence-corrected chi connectivity index (χ0v) is 9.28. The fourth-order valence-electron chi connectivity index (χ4n) is 1.22. The third kappa shape index (κ3) is 2.50. The van der Waals surface area contributed by atoms with E-state index in [0.29, 0.717) is 12.2 Å². The summed E-state index contributed by atoms with van der Waals surface area (Å²) in [6.07, 6.45) is 1.41. The van der Waals surface area contributed by atoms with Gasteiger partial charge in [-0.1, -0.05) is 0 Å². The Hall–Kier alpha value is -2.05. The molecule has 1 heterocycles. The molecule has 0 aliphatic heterocycles. The van der Waals surface area contributed by atoms with Crippen LogP contribution in [0.5, 0.6) is 0 Å². The minimum Gasteiger partial charge on any atom is -0.396 e. The fourth-order valence-corrected chi connectivity index (χ4v) is 1.22. The largest absolute Gasteiger partial charge is 0.396 e. The summed E-state index contributed by atoms with van der Waals surface area (Å²) in [5.74, 6) is -0.671. The van der Waals surface area contributed by atoms with E-state index in [2.05, 4.69) is 15.7 Å². The maximum atomic E-state index is 11.7. The zero-order chi connectivity index (χ0) is 12.1. The monoisotopic (exact) mass is 225 g/mol. The number of aryl methyl sites for hydroxylation is 1. The van der Waals surface area contributed by atoms with Gasteiger partial charge in [-0.2, -0.15) is 5.10 Å². The molecule has 2 amide bonds. The molecule has 0 saturated heterocycles. The lowest BCUT2D eigenvalue weighted by molar-refractivity contribution is -0.119. The molecule has 1 aromatic heterocycles. The first kappa shape index (κ1) is 12.0. The van der Waals surface area contributed by atoms with Crippen molar-refractivity contribution >= 4 is 17.5 Å². The van der Waals surface area contributed by atoms with Crippen molar-refractivity contribution in [2.75, 3.05) is 19.3 Å². The van der Waals surface area contributed by atoms with Gasteiger partial charge >= 0.3 is 0 Å². The highest BCUT2D eigenvalue weighted by Crippen LogP contribution is 2.09. The molecule has 0 atom stereocenters. The topological polar surface area (TPSA) is 102 Å². The minimum absolute atomic E-state index is 0.0797. The summed E-state index contributed by atoms with van der Waals surface area (Å²) in [6.45, 7) is 2.31. The van der Waals surface area contributed by atoms with Crippen molar-refractivity contribution in [3.63, 3.8) is 0 Å². The van der Waals surface area contributed by atoms with E-state index in [1.807, 2.05) is 6.92 Å². The Bertz CT molecular complexity index is 399. The molecule has 0 aliphatic carbocycles. The van der Waals surface area contributed by atoms with Gasteiger partial charge in [0, 0.05) is 13.6 Å². The quantitative estimate of drug-likeness (QED) is 0.609. The molecular formula is C9H15N5O2. The summed E-state index contributed by atoms with van der Waals surface area (Å²) in [5.41, 5.74) is 6.20. The third-order valence-corrected chi connectivity index (χ3v) is 2.07. The smallest absolute Gasteiger partial charge is 0.272 e. The average Bonchev–Trinajstić information content (AvgIpc) is 2.66. The molecule has 1 aromatic rings.